The van der Waals surface area contributed by atoms with Gasteiger partial charge in [0.25, 0.3) is 0 Å². The van der Waals surface area contributed by atoms with Crippen molar-refractivity contribution in [3.8, 4) is 5.75 Å². The lowest BCUT2D eigenvalue weighted by Gasteiger charge is -2.08. The van der Waals surface area contributed by atoms with Crippen LogP contribution in [-0.4, -0.2) is 35.8 Å². The third kappa shape index (κ3) is 4.94. The van der Waals surface area contributed by atoms with Gasteiger partial charge in [-0.2, -0.15) is 0 Å². The van der Waals surface area contributed by atoms with Crippen LogP contribution in [0.2, 0.25) is 0 Å². The average Bonchev–Trinajstić information content (AvgIpc) is 3.13. The Morgan fingerprint density at radius 3 is 2.70 bits per heavy atom. The highest BCUT2D eigenvalue weighted by atomic mass is 32.2. The molecule has 0 aliphatic rings. The molecule has 0 bridgehead atoms. The second-order valence-electron chi connectivity index (χ2n) is 6.74. The zero-order valence-electron chi connectivity index (χ0n) is 17.5. The minimum absolute atomic E-state index is 0.114. The van der Waals surface area contributed by atoms with E-state index in [2.05, 4.69) is 24.4 Å². The molecule has 0 spiro atoms. The Morgan fingerprint density at radius 1 is 1.17 bits per heavy atom. The number of hydrogen-bond donors (Lipinski definition) is 1. The topological polar surface area (TPSA) is 60.3 Å². The molecule has 0 saturated heterocycles. The summed E-state index contributed by atoms with van der Waals surface area (Å²) < 4.78 is 6.95. The lowest BCUT2D eigenvalue weighted by atomic mass is 10.1. The SMILES string of the molecule is CCSc1ccccc1CCNC(=O)/C=C/c1cn(C(C)=O)c2c(OC)cccc12. The Morgan fingerprint density at radius 2 is 1.97 bits per heavy atom. The molecule has 0 aliphatic heterocycles. The molecule has 0 aliphatic carbocycles. The number of para-hydroxylation sites is 1. The van der Waals surface area contributed by atoms with Crippen molar-refractivity contribution in [3.63, 3.8) is 0 Å². The number of nitrogens with one attached hydrogen (secondary N) is 1. The maximum absolute atomic E-state index is 12.3. The van der Waals surface area contributed by atoms with Gasteiger partial charge in [-0.05, 0) is 35.9 Å². The number of benzene rings is 2. The number of fused-ring (bicyclic) bond motifs is 1. The van der Waals surface area contributed by atoms with Gasteiger partial charge in [-0.15, -0.1) is 11.8 Å². The van der Waals surface area contributed by atoms with Gasteiger partial charge in [-0.1, -0.05) is 37.3 Å². The minimum atomic E-state index is -0.165. The molecule has 3 rings (SSSR count). The normalized spacial score (nSPS) is 11.2. The fourth-order valence-electron chi connectivity index (χ4n) is 3.37. The number of aromatic nitrogens is 1. The zero-order valence-corrected chi connectivity index (χ0v) is 18.3. The van der Waals surface area contributed by atoms with Crippen LogP contribution < -0.4 is 10.1 Å². The number of amides is 1. The van der Waals surface area contributed by atoms with Crippen molar-refractivity contribution < 1.29 is 14.3 Å². The zero-order chi connectivity index (χ0) is 21.5. The molecule has 0 saturated carbocycles. The predicted molar refractivity (Wildman–Crippen MR) is 123 cm³/mol. The number of ether oxygens (including phenoxy) is 1. The summed E-state index contributed by atoms with van der Waals surface area (Å²) in [6.07, 6.45) is 5.75. The van der Waals surface area contributed by atoms with Gasteiger partial charge < -0.3 is 10.1 Å². The molecule has 1 aromatic heterocycles. The van der Waals surface area contributed by atoms with E-state index < -0.39 is 0 Å². The smallest absolute Gasteiger partial charge is 0.244 e. The van der Waals surface area contributed by atoms with Crippen LogP contribution in [-0.2, 0) is 11.2 Å². The standard InChI is InChI=1S/C24H26N2O3S/c1-4-30-22-11-6-5-8-18(22)14-15-25-23(28)13-12-19-16-26(17(2)27)24-20(19)9-7-10-21(24)29-3/h5-13,16H,4,14-15H2,1-3H3,(H,25,28)/b13-12+. The van der Waals surface area contributed by atoms with E-state index in [1.54, 1.807) is 23.9 Å². The molecule has 6 heteroatoms. The Bertz CT molecular complexity index is 1090. The second-order valence-corrected chi connectivity index (χ2v) is 8.05. The maximum Gasteiger partial charge on any atom is 0.244 e. The van der Waals surface area contributed by atoms with Crippen molar-refractivity contribution in [2.75, 3.05) is 19.4 Å². The van der Waals surface area contributed by atoms with E-state index in [0.29, 0.717) is 17.8 Å². The lowest BCUT2D eigenvalue weighted by Crippen LogP contribution is -2.23. The Hall–Kier alpha value is -2.99. The van der Waals surface area contributed by atoms with Gasteiger partial charge in [-0.3, -0.25) is 14.2 Å². The predicted octanol–water partition coefficient (Wildman–Crippen LogP) is 4.79. The monoisotopic (exact) mass is 422 g/mol. The summed E-state index contributed by atoms with van der Waals surface area (Å²) in [6.45, 7) is 4.20. The largest absolute Gasteiger partial charge is 0.495 e. The molecule has 5 nitrogen and oxygen atoms in total. The number of nitrogens with zero attached hydrogens (tertiary/aromatic N) is 1. The number of methoxy groups -OCH3 is 1. The highest BCUT2D eigenvalue weighted by Crippen LogP contribution is 2.30. The van der Waals surface area contributed by atoms with Crippen molar-refractivity contribution in [2.24, 2.45) is 0 Å². The molecule has 1 heterocycles. The van der Waals surface area contributed by atoms with Crippen molar-refractivity contribution in [2.45, 2.75) is 25.2 Å². The summed E-state index contributed by atoms with van der Waals surface area (Å²) in [5, 5.41) is 3.80. The first-order chi connectivity index (χ1) is 14.5. The van der Waals surface area contributed by atoms with E-state index in [1.165, 1.54) is 23.5 Å². The quantitative estimate of drug-likeness (QED) is 0.419. The van der Waals surface area contributed by atoms with Crippen LogP contribution in [0.4, 0.5) is 0 Å². The summed E-state index contributed by atoms with van der Waals surface area (Å²) in [4.78, 5) is 25.6. The number of carbonyl (C=O) groups is 2. The van der Waals surface area contributed by atoms with Crippen LogP contribution in [0.25, 0.3) is 17.0 Å². The molecule has 1 amide bonds. The van der Waals surface area contributed by atoms with Gasteiger partial charge in [-0.25, -0.2) is 0 Å². The van der Waals surface area contributed by atoms with Crippen molar-refractivity contribution >= 4 is 40.6 Å². The molecule has 0 radical (unpaired) electrons. The van der Waals surface area contributed by atoms with E-state index >= 15 is 0 Å². The molecule has 2 aromatic carbocycles. The molecule has 3 aromatic rings. The van der Waals surface area contributed by atoms with Crippen LogP contribution in [0.15, 0.2) is 59.6 Å². The summed E-state index contributed by atoms with van der Waals surface area (Å²) >= 11 is 1.81. The van der Waals surface area contributed by atoms with Gasteiger partial charge in [0.2, 0.25) is 11.8 Å². The van der Waals surface area contributed by atoms with Crippen molar-refractivity contribution in [3.05, 3.63) is 65.9 Å². The Kier molecular flexibility index (Phi) is 7.36. The van der Waals surface area contributed by atoms with Crippen LogP contribution >= 0.6 is 11.8 Å². The molecule has 1 N–H and O–H groups in total. The molecule has 156 valence electrons. The fraction of sp³-hybridized carbons (Fsp3) is 0.250. The molecule has 30 heavy (non-hydrogen) atoms. The van der Waals surface area contributed by atoms with E-state index in [9.17, 15) is 9.59 Å². The molecular formula is C24H26N2O3S. The van der Waals surface area contributed by atoms with E-state index in [4.69, 9.17) is 4.74 Å². The van der Waals surface area contributed by atoms with Gasteiger partial charge in [0.15, 0.2) is 0 Å². The van der Waals surface area contributed by atoms with E-state index in [1.807, 2.05) is 42.1 Å². The molecular weight excluding hydrogens is 396 g/mol. The second kappa shape index (κ2) is 10.2. The first-order valence-electron chi connectivity index (χ1n) is 9.90. The molecule has 0 atom stereocenters. The van der Waals surface area contributed by atoms with Crippen molar-refractivity contribution in [1.82, 2.24) is 9.88 Å². The third-order valence-corrected chi connectivity index (χ3v) is 5.76. The van der Waals surface area contributed by atoms with Gasteiger partial charge in [0.05, 0.1) is 12.6 Å². The highest BCUT2D eigenvalue weighted by Gasteiger charge is 2.14. The van der Waals surface area contributed by atoms with Crippen LogP contribution in [0.1, 0.15) is 29.8 Å². The van der Waals surface area contributed by atoms with Crippen molar-refractivity contribution in [1.29, 1.82) is 0 Å². The summed E-state index contributed by atoms with van der Waals surface area (Å²) in [6, 6.07) is 13.9. The number of rotatable bonds is 8. The lowest BCUT2D eigenvalue weighted by molar-refractivity contribution is -0.116. The summed E-state index contributed by atoms with van der Waals surface area (Å²) in [7, 11) is 1.58. The van der Waals surface area contributed by atoms with Crippen LogP contribution in [0.5, 0.6) is 5.75 Å². The van der Waals surface area contributed by atoms with Crippen LogP contribution in [0, 0.1) is 0 Å². The highest BCUT2D eigenvalue weighted by molar-refractivity contribution is 7.99. The van der Waals surface area contributed by atoms with Gasteiger partial charge >= 0.3 is 0 Å². The number of hydrogen-bond acceptors (Lipinski definition) is 4. The maximum atomic E-state index is 12.3. The summed E-state index contributed by atoms with van der Waals surface area (Å²) in [5.74, 6) is 1.36. The number of carbonyl (C=O) groups excluding carboxylic acids is 2. The molecule has 0 unspecified atom stereocenters. The van der Waals surface area contributed by atoms with E-state index in [0.717, 1.165) is 23.1 Å². The van der Waals surface area contributed by atoms with Gasteiger partial charge in [0, 0.05) is 41.6 Å². The Balaban J connectivity index is 1.70. The first-order valence-corrected chi connectivity index (χ1v) is 10.9. The average molecular weight is 423 g/mol. The Labute approximate surface area is 181 Å². The fourth-order valence-corrected chi connectivity index (χ4v) is 4.22. The first kappa shape index (κ1) is 21.7. The number of thioether (sulfide) groups is 1. The summed E-state index contributed by atoms with van der Waals surface area (Å²) in [5.41, 5.74) is 2.74. The van der Waals surface area contributed by atoms with E-state index in [-0.39, 0.29) is 11.8 Å². The minimum Gasteiger partial charge on any atom is -0.495 e. The third-order valence-electron chi connectivity index (χ3n) is 4.76. The van der Waals surface area contributed by atoms with Crippen LogP contribution in [0.3, 0.4) is 0 Å². The van der Waals surface area contributed by atoms with Gasteiger partial charge in [0.1, 0.15) is 5.75 Å². The molecule has 0 fully saturated rings.